The van der Waals surface area contributed by atoms with Crippen molar-refractivity contribution < 1.29 is 19.1 Å². The molecule has 0 saturated carbocycles. The van der Waals surface area contributed by atoms with Gasteiger partial charge >= 0.3 is 6.09 Å². The normalized spacial score (nSPS) is 25.6. The monoisotopic (exact) mass is 229 g/mol. The van der Waals surface area contributed by atoms with E-state index in [4.69, 9.17) is 9.47 Å². The van der Waals surface area contributed by atoms with Gasteiger partial charge in [0.25, 0.3) is 0 Å². The summed E-state index contributed by atoms with van der Waals surface area (Å²) in [6.45, 7) is 5.80. The Hall–Kier alpha value is -1.10. The quantitative estimate of drug-likeness (QED) is 0.668. The maximum Gasteiger partial charge on any atom is 0.410 e. The lowest BCUT2D eigenvalue weighted by atomic mass is 10.2. The Morgan fingerprint density at radius 1 is 1.44 bits per heavy atom. The molecule has 0 bridgehead atoms. The maximum atomic E-state index is 11.8. The Morgan fingerprint density at radius 2 is 2.06 bits per heavy atom. The lowest BCUT2D eigenvalue weighted by Gasteiger charge is -2.26. The van der Waals surface area contributed by atoms with Crippen molar-refractivity contribution in [2.24, 2.45) is 0 Å². The smallest absolute Gasteiger partial charge is 0.410 e. The van der Waals surface area contributed by atoms with Crippen molar-refractivity contribution >= 4 is 12.4 Å². The first-order valence-electron chi connectivity index (χ1n) is 5.35. The van der Waals surface area contributed by atoms with Crippen LogP contribution in [0, 0.1) is 0 Å². The highest BCUT2D eigenvalue weighted by atomic mass is 16.6. The van der Waals surface area contributed by atoms with E-state index in [1.165, 1.54) is 4.90 Å². The summed E-state index contributed by atoms with van der Waals surface area (Å²) in [5.74, 6) is 0. The molecule has 1 aliphatic rings. The highest BCUT2D eigenvalue weighted by molar-refractivity contribution is 5.74. The SMILES string of the molecule is CO[C@H]1CC(C=O)N(C(=O)OC(C)(C)C)C1. The number of rotatable bonds is 2. The molecule has 0 N–H and O–H groups in total. The third-order valence-corrected chi connectivity index (χ3v) is 2.42. The number of methoxy groups -OCH3 is 1. The molecule has 1 aliphatic heterocycles. The van der Waals surface area contributed by atoms with Crippen molar-refractivity contribution in [3.05, 3.63) is 0 Å². The van der Waals surface area contributed by atoms with Crippen LogP contribution in [0.3, 0.4) is 0 Å². The second kappa shape index (κ2) is 4.82. The van der Waals surface area contributed by atoms with E-state index in [1.54, 1.807) is 27.9 Å². The Morgan fingerprint density at radius 3 is 2.50 bits per heavy atom. The fourth-order valence-electron chi connectivity index (χ4n) is 1.66. The minimum Gasteiger partial charge on any atom is -0.444 e. The number of nitrogens with zero attached hydrogens (tertiary/aromatic N) is 1. The Balaban J connectivity index is 2.64. The fraction of sp³-hybridized carbons (Fsp3) is 0.818. The standard InChI is InChI=1S/C11H19NO4/c1-11(2,3)16-10(14)12-6-9(15-4)5-8(12)7-13/h7-9H,5-6H2,1-4H3/t8?,9-/m0/s1. The number of carbonyl (C=O) groups excluding carboxylic acids is 2. The molecule has 0 spiro atoms. The van der Waals surface area contributed by atoms with Gasteiger partial charge in [0.1, 0.15) is 11.9 Å². The van der Waals surface area contributed by atoms with E-state index in [0.29, 0.717) is 13.0 Å². The molecule has 1 saturated heterocycles. The lowest BCUT2D eigenvalue weighted by Crippen LogP contribution is -2.40. The van der Waals surface area contributed by atoms with Crippen LogP contribution < -0.4 is 0 Å². The molecule has 1 amide bonds. The summed E-state index contributed by atoms with van der Waals surface area (Å²) in [6, 6.07) is -0.431. The molecule has 0 aromatic rings. The Kier molecular flexibility index (Phi) is 3.91. The molecule has 0 aromatic heterocycles. The highest BCUT2D eigenvalue weighted by Gasteiger charge is 2.37. The van der Waals surface area contributed by atoms with Gasteiger partial charge in [0.05, 0.1) is 18.7 Å². The Bertz CT molecular complexity index is 272. The van der Waals surface area contributed by atoms with Gasteiger partial charge in [-0.2, -0.15) is 0 Å². The number of amides is 1. The van der Waals surface area contributed by atoms with Crippen molar-refractivity contribution in [2.45, 2.75) is 44.9 Å². The first-order chi connectivity index (χ1) is 7.37. The summed E-state index contributed by atoms with van der Waals surface area (Å²) < 4.78 is 10.4. The number of aldehydes is 1. The van der Waals surface area contributed by atoms with E-state index in [-0.39, 0.29) is 6.10 Å². The number of carbonyl (C=O) groups is 2. The average Bonchev–Trinajstić information content (AvgIpc) is 2.58. The number of ether oxygens (including phenoxy) is 2. The van der Waals surface area contributed by atoms with Crippen LogP contribution in [0.1, 0.15) is 27.2 Å². The third-order valence-electron chi connectivity index (χ3n) is 2.42. The summed E-state index contributed by atoms with van der Waals surface area (Å²) in [6.07, 6.45) is 0.772. The molecule has 1 fully saturated rings. The van der Waals surface area contributed by atoms with E-state index >= 15 is 0 Å². The van der Waals surface area contributed by atoms with Gasteiger partial charge in [-0.3, -0.25) is 4.90 Å². The van der Waals surface area contributed by atoms with Gasteiger partial charge in [0, 0.05) is 13.5 Å². The van der Waals surface area contributed by atoms with E-state index in [9.17, 15) is 9.59 Å². The number of likely N-dealkylation sites (tertiary alicyclic amines) is 1. The summed E-state index contributed by atoms with van der Waals surface area (Å²) in [4.78, 5) is 24.0. The molecule has 0 aliphatic carbocycles. The van der Waals surface area contributed by atoms with Crippen molar-refractivity contribution in [3.63, 3.8) is 0 Å². The molecule has 0 aromatic carbocycles. The first kappa shape index (κ1) is 13.0. The molecule has 1 rings (SSSR count). The molecule has 16 heavy (non-hydrogen) atoms. The highest BCUT2D eigenvalue weighted by Crippen LogP contribution is 2.21. The van der Waals surface area contributed by atoms with Gasteiger partial charge in [-0.05, 0) is 20.8 Å². The summed E-state index contributed by atoms with van der Waals surface area (Å²) in [5, 5.41) is 0. The van der Waals surface area contributed by atoms with Crippen LogP contribution >= 0.6 is 0 Å². The summed E-state index contributed by atoms with van der Waals surface area (Å²) in [7, 11) is 1.57. The van der Waals surface area contributed by atoms with Crippen LogP contribution in [0.5, 0.6) is 0 Å². The second-order valence-electron chi connectivity index (χ2n) is 4.93. The van der Waals surface area contributed by atoms with Crippen LogP contribution in [-0.2, 0) is 14.3 Å². The topological polar surface area (TPSA) is 55.8 Å². The molecule has 92 valence electrons. The van der Waals surface area contributed by atoms with Crippen LogP contribution in [-0.4, -0.2) is 48.7 Å². The fourth-order valence-corrected chi connectivity index (χ4v) is 1.66. The molecule has 2 atom stereocenters. The number of hydrogen-bond acceptors (Lipinski definition) is 4. The van der Waals surface area contributed by atoms with E-state index in [0.717, 1.165) is 6.29 Å². The largest absolute Gasteiger partial charge is 0.444 e. The molecule has 5 nitrogen and oxygen atoms in total. The van der Waals surface area contributed by atoms with Crippen LogP contribution in [0.4, 0.5) is 4.79 Å². The van der Waals surface area contributed by atoms with Crippen LogP contribution in [0.25, 0.3) is 0 Å². The van der Waals surface area contributed by atoms with Gasteiger partial charge in [0.2, 0.25) is 0 Å². The van der Waals surface area contributed by atoms with Crippen molar-refractivity contribution in [3.8, 4) is 0 Å². The van der Waals surface area contributed by atoms with Gasteiger partial charge < -0.3 is 14.3 Å². The van der Waals surface area contributed by atoms with Crippen molar-refractivity contribution in [1.29, 1.82) is 0 Å². The second-order valence-corrected chi connectivity index (χ2v) is 4.93. The molecular formula is C11H19NO4. The van der Waals surface area contributed by atoms with Gasteiger partial charge in [-0.1, -0.05) is 0 Å². The minimum absolute atomic E-state index is 0.0808. The summed E-state index contributed by atoms with van der Waals surface area (Å²) in [5.41, 5.74) is -0.546. The molecular weight excluding hydrogens is 210 g/mol. The van der Waals surface area contributed by atoms with Gasteiger partial charge in [-0.15, -0.1) is 0 Å². The Labute approximate surface area is 95.7 Å². The van der Waals surface area contributed by atoms with E-state index < -0.39 is 17.7 Å². The van der Waals surface area contributed by atoms with E-state index in [2.05, 4.69) is 0 Å². The minimum atomic E-state index is -0.546. The predicted molar refractivity (Wildman–Crippen MR) is 58.2 cm³/mol. The zero-order valence-electron chi connectivity index (χ0n) is 10.2. The molecule has 5 heteroatoms. The van der Waals surface area contributed by atoms with Crippen molar-refractivity contribution in [2.75, 3.05) is 13.7 Å². The predicted octanol–water partition coefficient (Wildman–Crippen LogP) is 1.21. The van der Waals surface area contributed by atoms with Gasteiger partial charge in [-0.25, -0.2) is 4.79 Å². The lowest BCUT2D eigenvalue weighted by molar-refractivity contribution is -0.111. The van der Waals surface area contributed by atoms with Crippen LogP contribution in [0.15, 0.2) is 0 Å². The zero-order chi connectivity index (χ0) is 12.3. The van der Waals surface area contributed by atoms with Gasteiger partial charge in [0.15, 0.2) is 0 Å². The molecule has 0 radical (unpaired) electrons. The van der Waals surface area contributed by atoms with E-state index in [1.807, 2.05) is 0 Å². The van der Waals surface area contributed by atoms with Crippen molar-refractivity contribution in [1.82, 2.24) is 4.90 Å². The molecule has 1 unspecified atom stereocenters. The average molecular weight is 229 g/mol. The zero-order valence-corrected chi connectivity index (χ0v) is 10.2. The molecule has 1 heterocycles. The first-order valence-corrected chi connectivity index (χ1v) is 5.35. The third kappa shape index (κ3) is 3.20. The van der Waals surface area contributed by atoms with Crippen LogP contribution in [0.2, 0.25) is 0 Å². The summed E-state index contributed by atoms with van der Waals surface area (Å²) >= 11 is 0. The maximum absolute atomic E-state index is 11.8. The number of hydrogen-bond donors (Lipinski definition) is 0.